The second-order valence-electron chi connectivity index (χ2n) is 8.63. The van der Waals surface area contributed by atoms with Crippen LogP contribution in [0.2, 0.25) is 0 Å². The highest BCUT2D eigenvalue weighted by atomic mass is 19.1. The van der Waals surface area contributed by atoms with Gasteiger partial charge in [-0.15, -0.1) is 6.58 Å². The van der Waals surface area contributed by atoms with Gasteiger partial charge in [-0.3, -0.25) is 19.3 Å². The Labute approximate surface area is 212 Å². The number of rotatable bonds is 8. The largest absolute Gasteiger partial charge is 0.481 e. The zero-order valence-electron chi connectivity index (χ0n) is 20.2. The van der Waals surface area contributed by atoms with Crippen LogP contribution in [0.25, 0.3) is 0 Å². The van der Waals surface area contributed by atoms with Crippen molar-refractivity contribution in [3.8, 4) is 0 Å². The maximum absolute atomic E-state index is 13.8. The Kier molecular flexibility index (Phi) is 8.94. The van der Waals surface area contributed by atoms with E-state index in [2.05, 4.69) is 17.2 Å². The van der Waals surface area contributed by atoms with Crippen LogP contribution in [-0.4, -0.2) is 64.5 Å². The first-order valence-corrected chi connectivity index (χ1v) is 11.6. The molecule has 0 aliphatic carbocycles. The van der Waals surface area contributed by atoms with Crippen molar-refractivity contribution in [2.75, 3.05) is 19.6 Å². The zero-order valence-corrected chi connectivity index (χ0v) is 20.2. The number of carboxylic acids is 1. The number of benzene rings is 2. The highest BCUT2D eigenvalue weighted by molar-refractivity contribution is 5.99. The molecule has 0 spiro atoms. The summed E-state index contributed by atoms with van der Waals surface area (Å²) in [6, 6.07) is 7.60. The fourth-order valence-corrected chi connectivity index (χ4v) is 4.20. The van der Waals surface area contributed by atoms with Crippen LogP contribution in [0, 0.1) is 18.6 Å². The minimum Gasteiger partial charge on any atom is -0.481 e. The van der Waals surface area contributed by atoms with Crippen molar-refractivity contribution in [3.05, 3.63) is 83.4 Å². The van der Waals surface area contributed by atoms with Crippen LogP contribution in [0.5, 0.6) is 0 Å². The first kappa shape index (κ1) is 27.3. The summed E-state index contributed by atoms with van der Waals surface area (Å²) >= 11 is 0. The number of nitrogens with one attached hydrogen (secondary N) is 2. The van der Waals surface area contributed by atoms with Gasteiger partial charge in [-0.2, -0.15) is 0 Å². The van der Waals surface area contributed by atoms with Crippen LogP contribution in [0.4, 0.5) is 13.6 Å². The van der Waals surface area contributed by atoms with Gasteiger partial charge in [-0.05, 0) is 31.0 Å². The van der Waals surface area contributed by atoms with Crippen LogP contribution >= 0.6 is 0 Å². The van der Waals surface area contributed by atoms with E-state index in [-0.39, 0.29) is 25.2 Å². The third kappa shape index (κ3) is 6.90. The summed E-state index contributed by atoms with van der Waals surface area (Å²) in [5.41, 5.74) is 1.04. The van der Waals surface area contributed by atoms with E-state index in [0.29, 0.717) is 18.1 Å². The number of halogens is 2. The molecule has 3 rings (SSSR count). The van der Waals surface area contributed by atoms with Crippen LogP contribution in [0.1, 0.15) is 40.4 Å². The predicted octanol–water partition coefficient (Wildman–Crippen LogP) is 2.98. The van der Waals surface area contributed by atoms with Crippen molar-refractivity contribution in [3.63, 3.8) is 0 Å². The van der Waals surface area contributed by atoms with Gasteiger partial charge in [0.15, 0.2) is 6.17 Å². The van der Waals surface area contributed by atoms with E-state index >= 15 is 0 Å². The molecule has 2 atom stereocenters. The molecule has 9 nitrogen and oxygen atoms in total. The van der Waals surface area contributed by atoms with Gasteiger partial charge in [0.25, 0.3) is 11.8 Å². The van der Waals surface area contributed by atoms with E-state index < -0.39 is 54.1 Å². The average Bonchev–Trinajstić information content (AvgIpc) is 2.85. The maximum atomic E-state index is 13.8. The van der Waals surface area contributed by atoms with Crippen LogP contribution in [-0.2, 0) is 9.59 Å². The Balaban J connectivity index is 1.99. The van der Waals surface area contributed by atoms with Crippen LogP contribution < -0.4 is 10.6 Å². The number of hydrogen-bond acceptors (Lipinski definition) is 4. The first-order valence-electron chi connectivity index (χ1n) is 11.6. The van der Waals surface area contributed by atoms with Gasteiger partial charge in [0.1, 0.15) is 11.6 Å². The van der Waals surface area contributed by atoms with E-state index in [1.807, 2.05) is 13.0 Å². The Morgan fingerprint density at radius 3 is 2.41 bits per heavy atom. The molecule has 2 aromatic carbocycles. The SMILES string of the molecule is C=CCNC(=O)N1CCCN(C(=O)c2cc(F)cc(F)c2)C1C(=O)NC(CC(=O)O)c1cccc(C)c1. The number of aliphatic carboxylic acids is 1. The van der Waals surface area contributed by atoms with Gasteiger partial charge in [0.2, 0.25) is 0 Å². The second-order valence-corrected chi connectivity index (χ2v) is 8.63. The quantitative estimate of drug-likeness (QED) is 0.468. The molecule has 0 aromatic heterocycles. The molecule has 0 bridgehead atoms. The lowest BCUT2D eigenvalue weighted by Crippen LogP contribution is -2.65. The maximum Gasteiger partial charge on any atom is 0.319 e. The van der Waals surface area contributed by atoms with Crippen molar-refractivity contribution in [2.45, 2.75) is 32.0 Å². The lowest BCUT2D eigenvalue weighted by molar-refractivity contribution is -0.138. The number of carboxylic acid groups (broad SMARTS) is 1. The molecule has 2 unspecified atom stereocenters. The number of hydrogen-bond donors (Lipinski definition) is 3. The summed E-state index contributed by atoms with van der Waals surface area (Å²) < 4.78 is 27.7. The van der Waals surface area contributed by atoms with Gasteiger partial charge < -0.3 is 20.6 Å². The summed E-state index contributed by atoms with van der Waals surface area (Å²) in [4.78, 5) is 53.6. The van der Waals surface area contributed by atoms with Crippen LogP contribution in [0.3, 0.4) is 0 Å². The molecule has 1 aliphatic heterocycles. The standard InChI is InChI=1S/C26H28F2N4O5/c1-3-8-29-26(37)32-10-5-9-31(25(36)18-12-19(27)14-20(28)13-18)24(32)23(35)30-21(15-22(33)34)17-7-4-6-16(2)11-17/h3-4,6-7,11-14,21,24H,1,5,8-10,15H2,2H3,(H,29,37)(H,30,35)(H,33,34). The molecule has 2 aromatic rings. The van der Waals surface area contributed by atoms with E-state index in [1.165, 1.54) is 6.08 Å². The van der Waals surface area contributed by atoms with E-state index in [4.69, 9.17) is 0 Å². The molecule has 1 aliphatic rings. The summed E-state index contributed by atoms with van der Waals surface area (Å²) in [6.45, 7) is 5.57. The lowest BCUT2D eigenvalue weighted by Gasteiger charge is -2.43. The lowest BCUT2D eigenvalue weighted by atomic mass is 10.0. The van der Waals surface area contributed by atoms with Crippen LogP contribution in [0.15, 0.2) is 55.1 Å². The van der Waals surface area contributed by atoms with Gasteiger partial charge in [0.05, 0.1) is 12.5 Å². The van der Waals surface area contributed by atoms with Gasteiger partial charge >= 0.3 is 12.0 Å². The molecule has 1 fully saturated rings. The van der Waals surface area contributed by atoms with E-state index in [9.17, 15) is 33.1 Å². The van der Waals surface area contributed by atoms with Crippen molar-refractivity contribution in [1.82, 2.24) is 20.4 Å². The molecular weight excluding hydrogens is 486 g/mol. The van der Waals surface area contributed by atoms with Gasteiger partial charge in [-0.25, -0.2) is 13.6 Å². The molecule has 11 heteroatoms. The number of nitrogens with zero attached hydrogens (tertiary/aromatic N) is 2. The topological polar surface area (TPSA) is 119 Å². The fraction of sp³-hybridized carbons (Fsp3) is 0.308. The van der Waals surface area contributed by atoms with E-state index in [1.54, 1.807) is 18.2 Å². The highest BCUT2D eigenvalue weighted by Crippen LogP contribution is 2.23. The normalized spacial score (nSPS) is 16.0. The summed E-state index contributed by atoms with van der Waals surface area (Å²) in [6.07, 6.45) is -0.215. The minimum absolute atomic E-state index is 0.0222. The number of amides is 4. The zero-order chi connectivity index (χ0) is 27.1. The van der Waals surface area contributed by atoms with Crippen molar-refractivity contribution >= 4 is 23.8 Å². The molecule has 1 saturated heterocycles. The Morgan fingerprint density at radius 2 is 1.78 bits per heavy atom. The summed E-state index contributed by atoms with van der Waals surface area (Å²) in [5.74, 6) is -4.78. The second kappa shape index (κ2) is 12.1. The fourth-order valence-electron chi connectivity index (χ4n) is 4.20. The first-order chi connectivity index (χ1) is 17.6. The highest BCUT2D eigenvalue weighted by Gasteiger charge is 2.41. The molecule has 196 valence electrons. The van der Waals surface area contributed by atoms with E-state index in [0.717, 1.165) is 27.5 Å². The molecule has 0 radical (unpaired) electrons. The average molecular weight is 515 g/mol. The van der Waals surface area contributed by atoms with Crippen molar-refractivity contribution in [1.29, 1.82) is 0 Å². The third-order valence-corrected chi connectivity index (χ3v) is 5.79. The number of carbonyl (C=O) groups is 4. The molecule has 1 heterocycles. The molecule has 4 amide bonds. The monoisotopic (exact) mass is 514 g/mol. The number of urea groups is 1. The summed E-state index contributed by atoms with van der Waals surface area (Å²) in [5, 5.41) is 14.7. The molecular formula is C26H28F2N4O5. The number of carbonyl (C=O) groups excluding carboxylic acids is 3. The van der Waals surface area contributed by atoms with Crippen molar-refractivity contribution in [2.24, 2.45) is 0 Å². The summed E-state index contributed by atoms with van der Waals surface area (Å²) in [7, 11) is 0. The Bertz CT molecular complexity index is 1180. The molecule has 0 saturated carbocycles. The smallest absolute Gasteiger partial charge is 0.319 e. The Hall–Kier alpha value is -4.28. The molecule has 37 heavy (non-hydrogen) atoms. The predicted molar refractivity (Wildman–Crippen MR) is 130 cm³/mol. The Morgan fingerprint density at radius 1 is 1.11 bits per heavy atom. The minimum atomic E-state index is -1.50. The molecule has 3 N–H and O–H groups in total. The number of aryl methyl sites for hydroxylation is 1. The van der Waals surface area contributed by atoms with Crippen molar-refractivity contribution < 1.29 is 33.1 Å². The van der Waals surface area contributed by atoms with Gasteiger partial charge in [-0.1, -0.05) is 35.9 Å². The van der Waals surface area contributed by atoms with Gasteiger partial charge in [0, 0.05) is 31.3 Å². The third-order valence-electron chi connectivity index (χ3n) is 5.79.